The molecule has 0 saturated heterocycles. The van der Waals surface area contributed by atoms with Gasteiger partial charge in [0, 0.05) is 18.6 Å². The molecule has 1 aliphatic carbocycles. The maximum absolute atomic E-state index is 9.05. The molecule has 6 heteroatoms. The van der Waals surface area contributed by atoms with Gasteiger partial charge in [-0.15, -0.1) is 0 Å². The van der Waals surface area contributed by atoms with Crippen molar-refractivity contribution in [3.63, 3.8) is 0 Å². The van der Waals surface area contributed by atoms with Crippen LogP contribution < -0.4 is 10.1 Å². The lowest BCUT2D eigenvalue weighted by Crippen LogP contribution is -2.18. The van der Waals surface area contributed by atoms with Crippen LogP contribution in [0, 0.1) is 5.92 Å². The summed E-state index contributed by atoms with van der Waals surface area (Å²) < 4.78 is 5.77. The largest absolute Gasteiger partial charge is 0.467 e. The Hall–Kier alpha value is -1.14. The molecule has 1 aromatic rings. The Morgan fingerprint density at radius 2 is 2.41 bits per heavy atom. The van der Waals surface area contributed by atoms with Crippen LogP contribution >= 0.6 is 15.9 Å². The fourth-order valence-corrected chi connectivity index (χ4v) is 2.05. The number of aliphatic hydroxyl groups excluding tert-OH is 1. The first-order valence-corrected chi connectivity index (χ1v) is 6.14. The van der Waals surface area contributed by atoms with Crippen LogP contribution in [0.25, 0.3) is 0 Å². The van der Waals surface area contributed by atoms with E-state index in [1.54, 1.807) is 6.20 Å². The van der Waals surface area contributed by atoms with E-state index >= 15 is 0 Å². The molecule has 0 bridgehead atoms. The molecule has 0 spiro atoms. The third kappa shape index (κ3) is 2.95. The number of rotatable bonds is 4. The molecule has 0 aromatic carbocycles. The maximum Gasteiger partial charge on any atom is 0.318 e. The van der Waals surface area contributed by atoms with Crippen LogP contribution in [-0.4, -0.2) is 34.8 Å². The van der Waals surface area contributed by atoms with E-state index < -0.39 is 0 Å². The monoisotopic (exact) mass is 299 g/mol. The van der Waals surface area contributed by atoms with Gasteiger partial charge in [0.05, 0.1) is 17.8 Å². The normalized spacial score (nSPS) is 22.8. The van der Waals surface area contributed by atoms with Gasteiger partial charge < -0.3 is 15.2 Å². The number of aliphatic hydroxyl groups is 1. The number of aromatic nitrogens is 2. The minimum absolute atomic E-state index is 0.183. The van der Waals surface area contributed by atoms with Crippen molar-refractivity contribution in [3.8, 4) is 6.01 Å². The highest BCUT2D eigenvalue weighted by atomic mass is 79.9. The zero-order valence-corrected chi connectivity index (χ0v) is 11.0. The molecule has 5 nitrogen and oxygen atoms in total. The van der Waals surface area contributed by atoms with Crippen molar-refractivity contribution in [2.75, 3.05) is 19.0 Å². The smallest absolute Gasteiger partial charge is 0.318 e. The van der Waals surface area contributed by atoms with E-state index in [1.165, 1.54) is 7.11 Å². The topological polar surface area (TPSA) is 67.3 Å². The predicted molar refractivity (Wildman–Crippen MR) is 68.0 cm³/mol. The van der Waals surface area contributed by atoms with Gasteiger partial charge in [-0.1, -0.05) is 12.2 Å². The second kappa shape index (κ2) is 5.46. The lowest BCUT2D eigenvalue weighted by atomic mass is 10.1. The van der Waals surface area contributed by atoms with Gasteiger partial charge in [-0.2, -0.15) is 4.98 Å². The van der Waals surface area contributed by atoms with Crippen LogP contribution in [0.1, 0.15) is 6.42 Å². The zero-order chi connectivity index (χ0) is 12.3. The molecule has 17 heavy (non-hydrogen) atoms. The van der Waals surface area contributed by atoms with Crippen LogP contribution in [0.4, 0.5) is 5.82 Å². The summed E-state index contributed by atoms with van der Waals surface area (Å²) in [6.45, 7) is 0.183. The van der Waals surface area contributed by atoms with Crippen LogP contribution in [-0.2, 0) is 0 Å². The third-order valence-electron chi connectivity index (χ3n) is 2.63. The van der Waals surface area contributed by atoms with Crippen molar-refractivity contribution in [3.05, 3.63) is 22.8 Å². The lowest BCUT2D eigenvalue weighted by Gasteiger charge is -2.14. The summed E-state index contributed by atoms with van der Waals surface area (Å²) in [6.07, 6.45) is 6.58. The highest BCUT2D eigenvalue weighted by molar-refractivity contribution is 9.10. The Morgan fingerprint density at radius 1 is 1.59 bits per heavy atom. The van der Waals surface area contributed by atoms with Crippen molar-refractivity contribution in [2.45, 2.75) is 12.5 Å². The van der Waals surface area contributed by atoms with Crippen LogP contribution in [0.15, 0.2) is 22.8 Å². The van der Waals surface area contributed by atoms with E-state index in [1.807, 2.05) is 12.2 Å². The molecular weight excluding hydrogens is 286 g/mol. The Balaban J connectivity index is 2.06. The fraction of sp³-hybridized carbons (Fsp3) is 0.455. The number of hydrogen-bond acceptors (Lipinski definition) is 5. The molecule has 0 amide bonds. The number of nitrogens with zero attached hydrogens (tertiary/aromatic N) is 2. The van der Waals surface area contributed by atoms with Crippen LogP contribution in [0.2, 0.25) is 0 Å². The first kappa shape index (κ1) is 12.3. The number of methoxy groups -OCH3 is 1. The van der Waals surface area contributed by atoms with Crippen molar-refractivity contribution in [1.29, 1.82) is 0 Å². The second-order valence-electron chi connectivity index (χ2n) is 3.87. The molecule has 1 heterocycles. The number of nitrogens with one attached hydrogen (secondary N) is 1. The van der Waals surface area contributed by atoms with Gasteiger partial charge in [0.1, 0.15) is 5.82 Å². The lowest BCUT2D eigenvalue weighted by molar-refractivity contribution is 0.250. The molecule has 2 atom stereocenters. The summed E-state index contributed by atoms with van der Waals surface area (Å²) in [6, 6.07) is 0.513. The molecule has 1 aromatic heterocycles. The Kier molecular flexibility index (Phi) is 3.96. The van der Waals surface area contributed by atoms with Crippen molar-refractivity contribution < 1.29 is 9.84 Å². The van der Waals surface area contributed by atoms with E-state index in [4.69, 9.17) is 9.84 Å². The third-order valence-corrected chi connectivity index (χ3v) is 3.21. The van der Waals surface area contributed by atoms with E-state index in [-0.39, 0.29) is 18.6 Å². The molecule has 92 valence electrons. The molecule has 1 aliphatic rings. The van der Waals surface area contributed by atoms with Crippen molar-refractivity contribution in [1.82, 2.24) is 9.97 Å². The highest BCUT2D eigenvalue weighted by Crippen LogP contribution is 2.25. The molecule has 2 N–H and O–H groups in total. The van der Waals surface area contributed by atoms with Crippen molar-refractivity contribution in [2.24, 2.45) is 5.92 Å². The minimum Gasteiger partial charge on any atom is -0.467 e. The van der Waals surface area contributed by atoms with E-state index in [2.05, 4.69) is 31.2 Å². The van der Waals surface area contributed by atoms with Crippen LogP contribution in [0.3, 0.4) is 0 Å². The number of anilines is 1. The summed E-state index contributed by atoms with van der Waals surface area (Å²) in [7, 11) is 1.53. The minimum atomic E-state index is 0.183. The SMILES string of the molecule is COc1ncc(Br)c(N[C@@H]2C=C[C@H](CO)C2)n1. The number of halogens is 1. The molecule has 2 rings (SSSR count). The van der Waals surface area contributed by atoms with E-state index in [0.29, 0.717) is 11.8 Å². The average molecular weight is 300 g/mol. The summed E-state index contributed by atoms with van der Waals surface area (Å²) in [5.74, 6) is 0.931. The average Bonchev–Trinajstić information content (AvgIpc) is 2.80. The van der Waals surface area contributed by atoms with Gasteiger partial charge in [-0.05, 0) is 22.4 Å². The fourth-order valence-electron chi connectivity index (χ4n) is 1.74. The first-order chi connectivity index (χ1) is 8.22. The number of hydrogen-bond donors (Lipinski definition) is 2. The van der Waals surface area contributed by atoms with Gasteiger partial charge in [0.15, 0.2) is 0 Å². The molecular formula is C11H14BrN3O2. The van der Waals surface area contributed by atoms with Gasteiger partial charge >= 0.3 is 6.01 Å². The Morgan fingerprint density at radius 3 is 3.06 bits per heavy atom. The van der Waals surface area contributed by atoms with Gasteiger partial charge in [0.25, 0.3) is 0 Å². The second-order valence-corrected chi connectivity index (χ2v) is 4.72. The van der Waals surface area contributed by atoms with Gasteiger partial charge in [0.2, 0.25) is 0 Å². The van der Waals surface area contributed by atoms with E-state index in [0.717, 1.165) is 10.9 Å². The highest BCUT2D eigenvalue weighted by Gasteiger charge is 2.19. The summed E-state index contributed by atoms with van der Waals surface area (Å²) in [5, 5.41) is 12.3. The van der Waals surface area contributed by atoms with Gasteiger partial charge in [-0.3, -0.25) is 0 Å². The predicted octanol–water partition coefficient (Wildman–Crippen LogP) is 1.60. The van der Waals surface area contributed by atoms with Crippen LogP contribution in [0.5, 0.6) is 6.01 Å². The van der Waals surface area contributed by atoms with E-state index in [9.17, 15) is 0 Å². The molecule has 0 fully saturated rings. The Bertz CT molecular complexity index is 425. The summed E-state index contributed by atoms with van der Waals surface area (Å²) in [4.78, 5) is 8.20. The summed E-state index contributed by atoms with van der Waals surface area (Å²) >= 11 is 3.38. The van der Waals surface area contributed by atoms with Crippen molar-refractivity contribution >= 4 is 21.7 Å². The standard InChI is InChI=1S/C11H14BrN3O2/c1-17-11-13-5-9(12)10(15-11)14-8-3-2-7(4-8)6-16/h2-3,5,7-8,16H,4,6H2,1H3,(H,13,14,15)/t7-,8+/m0/s1. The molecule has 0 radical (unpaired) electrons. The Labute approximate surface area is 108 Å². The molecule has 0 aliphatic heterocycles. The quantitative estimate of drug-likeness (QED) is 0.827. The number of ether oxygens (including phenoxy) is 1. The maximum atomic E-state index is 9.05. The first-order valence-electron chi connectivity index (χ1n) is 5.35. The zero-order valence-electron chi connectivity index (χ0n) is 9.43. The molecule has 0 saturated carbocycles. The molecule has 0 unspecified atom stereocenters. The van der Waals surface area contributed by atoms with Gasteiger partial charge in [-0.25, -0.2) is 4.98 Å². The summed E-state index contributed by atoms with van der Waals surface area (Å²) in [5.41, 5.74) is 0.